The van der Waals surface area contributed by atoms with Gasteiger partial charge < -0.3 is 19.2 Å². The Hall–Kier alpha value is -3.68. The fraction of sp³-hybridized carbons (Fsp3) is 0.292. The maximum Gasteiger partial charge on any atom is 0.259 e. The van der Waals surface area contributed by atoms with Gasteiger partial charge in [-0.3, -0.25) is 4.79 Å². The van der Waals surface area contributed by atoms with Crippen LogP contribution in [0.4, 0.5) is 15.8 Å². The highest BCUT2D eigenvalue weighted by molar-refractivity contribution is 6.14. The standard InChI is InChI=1S/C24H23FN4O3/c1-13-11-16(15(3)31-13)19-12-17(21-14(2)28-32-24(21)26-19)23(30)27-22-18(25)7-6-8-20(22)29-9-4-5-10-29/h6-8,11-12H,4-5,9-10H2,1-3H3,(H,27,30). The third-order valence-electron chi connectivity index (χ3n) is 5.86. The van der Waals surface area contributed by atoms with Crippen LogP contribution in [0, 0.1) is 26.6 Å². The van der Waals surface area contributed by atoms with Crippen molar-refractivity contribution in [2.75, 3.05) is 23.3 Å². The van der Waals surface area contributed by atoms with E-state index in [0.717, 1.165) is 37.3 Å². The summed E-state index contributed by atoms with van der Waals surface area (Å²) in [5.41, 5.74) is 3.25. The van der Waals surface area contributed by atoms with E-state index in [0.29, 0.717) is 33.8 Å². The van der Waals surface area contributed by atoms with Crippen molar-refractivity contribution in [3.05, 3.63) is 58.9 Å². The summed E-state index contributed by atoms with van der Waals surface area (Å²) in [6.07, 6.45) is 2.09. The zero-order valence-electron chi connectivity index (χ0n) is 18.2. The Morgan fingerprint density at radius 2 is 1.94 bits per heavy atom. The van der Waals surface area contributed by atoms with E-state index in [2.05, 4.69) is 20.4 Å². The van der Waals surface area contributed by atoms with Crippen molar-refractivity contribution in [3.63, 3.8) is 0 Å². The normalized spacial score (nSPS) is 13.8. The lowest BCUT2D eigenvalue weighted by molar-refractivity contribution is 0.102. The highest BCUT2D eigenvalue weighted by Crippen LogP contribution is 2.34. The minimum Gasteiger partial charge on any atom is -0.466 e. The number of para-hydroxylation sites is 1. The number of nitrogens with zero attached hydrogens (tertiary/aromatic N) is 3. The Bertz CT molecular complexity index is 1330. The molecule has 0 atom stereocenters. The first-order valence-electron chi connectivity index (χ1n) is 10.6. The second-order valence-electron chi connectivity index (χ2n) is 8.11. The van der Waals surface area contributed by atoms with Crippen LogP contribution >= 0.6 is 0 Å². The van der Waals surface area contributed by atoms with Crippen molar-refractivity contribution in [1.82, 2.24) is 10.1 Å². The number of pyridine rings is 1. The SMILES string of the molecule is Cc1cc(-c2cc(C(=O)Nc3c(F)cccc3N3CCCC3)c3c(C)noc3n2)c(C)o1. The second kappa shape index (κ2) is 7.78. The van der Waals surface area contributed by atoms with Crippen LogP contribution in [0.15, 0.2) is 39.3 Å². The summed E-state index contributed by atoms with van der Waals surface area (Å²) in [6.45, 7) is 7.09. The summed E-state index contributed by atoms with van der Waals surface area (Å²) in [7, 11) is 0. The van der Waals surface area contributed by atoms with Gasteiger partial charge in [0, 0.05) is 18.7 Å². The summed E-state index contributed by atoms with van der Waals surface area (Å²) >= 11 is 0. The van der Waals surface area contributed by atoms with Gasteiger partial charge in [-0.05, 0) is 57.9 Å². The predicted molar refractivity (Wildman–Crippen MR) is 120 cm³/mol. The molecule has 1 saturated heterocycles. The van der Waals surface area contributed by atoms with E-state index in [1.807, 2.05) is 26.0 Å². The second-order valence-corrected chi connectivity index (χ2v) is 8.11. The summed E-state index contributed by atoms with van der Waals surface area (Å²) in [4.78, 5) is 20.1. The number of amides is 1. The van der Waals surface area contributed by atoms with Gasteiger partial charge in [0.15, 0.2) is 0 Å². The molecule has 1 amide bonds. The number of hydrogen-bond donors (Lipinski definition) is 1. The number of nitrogens with one attached hydrogen (secondary N) is 1. The van der Waals surface area contributed by atoms with Crippen LogP contribution in [0.25, 0.3) is 22.4 Å². The van der Waals surface area contributed by atoms with Crippen LogP contribution in [-0.4, -0.2) is 29.1 Å². The van der Waals surface area contributed by atoms with Crippen molar-refractivity contribution in [1.29, 1.82) is 0 Å². The van der Waals surface area contributed by atoms with Crippen LogP contribution in [0.3, 0.4) is 0 Å². The predicted octanol–water partition coefficient (Wildman–Crippen LogP) is 5.40. The van der Waals surface area contributed by atoms with E-state index in [1.165, 1.54) is 6.07 Å². The molecule has 4 heterocycles. The Morgan fingerprint density at radius 1 is 1.16 bits per heavy atom. The maximum absolute atomic E-state index is 14.8. The largest absolute Gasteiger partial charge is 0.466 e. The number of benzene rings is 1. The Kier molecular flexibility index (Phi) is 4.92. The highest BCUT2D eigenvalue weighted by atomic mass is 19.1. The molecule has 7 nitrogen and oxygen atoms in total. The number of anilines is 2. The van der Waals surface area contributed by atoms with E-state index in [4.69, 9.17) is 8.94 Å². The number of furan rings is 1. The molecule has 0 saturated carbocycles. The third-order valence-corrected chi connectivity index (χ3v) is 5.86. The first kappa shape index (κ1) is 20.2. The fourth-order valence-corrected chi connectivity index (χ4v) is 4.34. The minimum absolute atomic E-state index is 0.176. The molecule has 0 unspecified atom stereocenters. The lowest BCUT2D eigenvalue weighted by atomic mass is 10.0. The number of hydrogen-bond acceptors (Lipinski definition) is 6. The van der Waals surface area contributed by atoms with E-state index < -0.39 is 11.7 Å². The lowest BCUT2D eigenvalue weighted by Crippen LogP contribution is -2.22. The fourth-order valence-electron chi connectivity index (χ4n) is 4.34. The smallest absolute Gasteiger partial charge is 0.259 e. The van der Waals surface area contributed by atoms with Crippen molar-refractivity contribution < 1.29 is 18.1 Å². The van der Waals surface area contributed by atoms with Crippen LogP contribution in [-0.2, 0) is 0 Å². The molecule has 0 radical (unpaired) electrons. The zero-order valence-corrected chi connectivity index (χ0v) is 18.2. The molecule has 5 rings (SSSR count). The van der Waals surface area contributed by atoms with Crippen LogP contribution in [0.1, 0.15) is 40.4 Å². The molecule has 0 bridgehead atoms. The van der Waals surface area contributed by atoms with Crippen molar-refractivity contribution >= 4 is 28.4 Å². The Morgan fingerprint density at radius 3 is 2.66 bits per heavy atom. The molecule has 0 aliphatic carbocycles. The van der Waals surface area contributed by atoms with Crippen molar-refractivity contribution in [2.24, 2.45) is 0 Å². The first-order chi connectivity index (χ1) is 15.4. The number of fused-ring (bicyclic) bond motifs is 1. The Labute approximate surface area is 184 Å². The summed E-state index contributed by atoms with van der Waals surface area (Å²) < 4.78 is 25.8. The van der Waals surface area contributed by atoms with E-state index in [-0.39, 0.29) is 11.4 Å². The maximum atomic E-state index is 14.8. The average molecular weight is 434 g/mol. The van der Waals surface area contributed by atoms with Gasteiger partial charge in [-0.15, -0.1) is 0 Å². The number of carbonyl (C=O) groups excluding carboxylic acids is 1. The molecule has 1 aromatic carbocycles. The van der Waals surface area contributed by atoms with Crippen LogP contribution < -0.4 is 10.2 Å². The van der Waals surface area contributed by atoms with Gasteiger partial charge in [-0.25, -0.2) is 9.37 Å². The highest BCUT2D eigenvalue weighted by Gasteiger charge is 2.24. The van der Waals surface area contributed by atoms with Gasteiger partial charge in [0.05, 0.1) is 28.0 Å². The quantitative estimate of drug-likeness (QED) is 0.463. The molecule has 1 N–H and O–H groups in total. The average Bonchev–Trinajstić information content (AvgIpc) is 3.50. The van der Waals surface area contributed by atoms with Gasteiger partial charge in [0.1, 0.15) is 23.0 Å². The van der Waals surface area contributed by atoms with Gasteiger partial charge in [-0.1, -0.05) is 11.2 Å². The molecular formula is C24H23FN4O3. The van der Waals surface area contributed by atoms with Crippen LogP contribution in [0.5, 0.6) is 0 Å². The zero-order chi connectivity index (χ0) is 22.4. The van der Waals surface area contributed by atoms with Crippen LogP contribution in [0.2, 0.25) is 0 Å². The number of aromatic nitrogens is 2. The summed E-state index contributed by atoms with van der Waals surface area (Å²) in [5, 5.41) is 7.29. The summed E-state index contributed by atoms with van der Waals surface area (Å²) in [5.74, 6) is 0.494. The molecule has 3 aromatic heterocycles. The minimum atomic E-state index is -0.475. The van der Waals surface area contributed by atoms with Gasteiger partial charge >= 0.3 is 0 Å². The number of rotatable bonds is 4. The van der Waals surface area contributed by atoms with Crippen molar-refractivity contribution in [3.8, 4) is 11.3 Å². The molecule has 1 aliphatic rings. The first-order valence-corrected chi connectivity index (χ1v) is 10.6. The van der Waals surface area contributed by atoms with E-state index in [1.54, 1.807) is 19.1 Å². The van der Waals surface area contributed by atoms with Gasteiger partial charge in [0.25, 0.3) is 11.6 Å². The molecule has 8 heteroatoms. The number of halogens is 1. The molecule has 164 valence electrons. The van der Waals surface area contributed by atoms with Crippen molar-refractivity contribution in [2.45, 2.75) is 33.6 Å². The number of carbonyl (C=O) groups is 1. The van der Waals surface area contributed by atoms with Gasteiger partial charge in [-0.2, -0.15) is 0 Å². The Balaban J connectivity index is 1.60. The third kappa shape index (κ3) is 3.41. The summed E-state index contributed by atoms with van der Waals surface area (Å²) in [6, 6.07) is 8.38. The molecule has 1 fully saturated rings. The van der Waals surface area contributed by atoms with Gasteiger partial charge in [0.2, 0.25) is 0 Å². The molecule has 32 heavy (non-hydrogen) atoms. The molecular weight excluding hydrogens is 411 g/mol. The topological polar surface area (TPSA) is 84.4 Å². The number of aryl methyl sites for hydroxylation is 3. The molecule has 4 aromatic rings. The molecule has 0 spiro atoms. The van der Waals surface area contributed by atoms with E-state index in [9.17, 15) is 9.18 Å². The van der Waals surface area contributed by atoms with E-state index >= 15 is 0 Å². The lowest BCUT2D eigenvalue weighted by Gasteiger charge is -2.22. The molecule has 1 aliphatic heterocycles. The monoisotopic (exact) mass is 434 g/mol.